The Hall–Kier alpha value is -3.50. The molecule has 3 amide bonds. The topological polar surface area (TPSA) is 131 Å². The number of para-hydroxylation sites is 1. The highest BCUT2D eigenvalue weighted by atomic mass is 35.5. The van der Waals surface area contributed by atoms with E-state index < -0.39 is 24.4 Å². The van der Waals surface area contributed by atoms with Crippen LogP contribution in [0.5, 0.6) is 0 Å². The van der Waals surface area contributed by atoms with Gasteiger partial charge in [-0.1, -0.05) is 35.9 Å². The van der Waals surface area contributed by atoms with Crippen LogP contribution in [0.2, 0.25) is 5.02 Å². The first-order valence-electron chi connectivity index (χ1n) is 11.7. The molecule has 4 N–H and O–H groups in total. The van der Waals surface area contributed by atoms with Gasteiger partial charge in [-0.2, -0.15) is 5.10 Å². The van der Waals surface area contributed by atoms with Crippen molar-refractivity contribution in [1.29, 1.82) is 0 Å². The van der Waals surface area contributed by atoms with E-state index in [9.17, 15) is 23.9 Å². The van der Waals surface area contributed by atoms with E-state index in [4.69, 9.17) is 17.3 Å². The second-order valence-corrected chi connectivity index (χ2v) is 9.64. The summed E-state index contributed by atoms with van der Waals surface area (Å²) in [6.45, 7) is -0.718. The van der Waals surface area contributed by atoms with Crippen molar-refractivity contribution in [2.75, 3.05) is 0 Å². The summed E-state index contributed by atoms with van der Waals surface area (Å²) in [5, 5.41) is 17.0. The van der Waals surface area contributed by atoms with Crippen LogP contribution in [-0.2, 0) is 29.3 Å². The van der Waals surface area contributed by atoms with Crippen molar-refractivity contribution in [3.8, 4) is 0 Å². The average Bonchev–Trinajstić information content (AvgIpc) is 3.58. The molecule has 9 nitrogen and oxygen atoms in total. The van der Waals surface area contributed by atoms with E-state index in [-0.39, 0.29) is 53.1 Å². The van der Waals surface area contributed by atoms with E-state index in [1.807, 2.05) is 0 Å². The Bertz CT molecular complexity index is 1380. The highest BCUT2D eigenvalue weighted by Gasteiger charge is 2.51. The number of aromatic nitrogens is 2. The standard InChI is InChI=1S/C25H25ClFN5O4/c26-18-8-6-14(12-33)17(21(18)27)10-29-25(36)23-13-5-7-15(9-13)32(23)20(34)11-31-19-4-2-1-3-16(19)22(30-31)24(28)35/h1-4,6,8,13,15,23,33H,5,7,9-12H2,(H2,28,35)(H,29,36)/t13-,15+,23-/m0/s1. The van der Waals surface area contributed by atoms with Crippen molar-refractivity contribution in [1.82, 2.24) is 20.0 Å². The van der Waals surface area contributed by atoms with Crippen LogP contribution < -0.4 is 11.1 Å². The third kappa shape index (κ3) is 4.10. The third-order valence-corrected chi connectivity index (χ3v) is 7.51. The summed E-state index contributed by atoms with van der Waals surface area (Å²) in [6.07, 6.45) is 2.32. The van der Waals surface area contributed by atoms with Gasteiger partial charge in [0.25, 0.3) is 5.91 Å². The Morgan fingerprint density at radius 1 is 1.19 bits per heavy atom. The Morgan fingerprint density at radius 3 is 2.72 bits per heavy atom. The average molecular weight is 514 g/mol. The lowest BCUT2D eigenvalue weighted by Crippen LogP contribution is -2.53. The van der Waals surface area contributed by atoms with Crippen LogP contribution in [0.25, 0.3) is 10.9 Å². The molecule has 3 atom stereocenters. The van der Waals surface area contributed by atoms with E-state index in [0.29, 0.717) is 22.9 Å². The Labute approximate surface area is 211 Å². The molecule has 1 aromatic heterocycles. The largest absolute Gasteiger partial charge is 0.392 e. The van der Waals surface area contributed by atoms with E-state index in [0.717, 1.165) is 12.8 Å². The molecule has 11 heteroatoms. The summed E-state index contributed by atoms with van der Waals surface area (Å²) in [4.78, 5) is 40.2. The quantitative estimate of drug-likeness (QED) is 0.445. The van der Waals surface area contributed by atoms with Gasteiger partial charge in [0.15, 0.2) is 5.69 Å². The number of carbonyl (C=O) groups is 3. The molecule has 2 heterocycles. The van der Waals surface area contributed by atoms with Gasteiger partial charge in [0, 0.05) is 23.5 Å². The number of likely N-dealkylation sites (tertiary alicyclic amines) is 1. The van der Waals surface area contributed by atoms with Crippen molar-refractivity contribution in [2.45, 2.75) is 51.0 Å². The van der Waals surface area contributed by atoms with Gasteiger partial charge in [-0.15, -0.1) is 0 Å². The number of hydrogen-bond acceptors (Lipinski definition) is 5. The van der Waals surface area contributed by atoms with E-state index in [1.165, 1.54) is 16.8 Å². The smallest absolute Gasteiger partial charge is 0.269 e. The van der Waals surface area contributed by atoms with Crippen molar-refractivity contribution < 1.29 is 23.9 Å². The first-order chi connectivity index (χ1) is 17.3. The van der Waals surface area contributed by atoms with Crippen LogP contribution in [0.1, 0.15) is 40.9 Å². The molecule has 2 aliphatic rings. The first kappa shape index (κ1) is 24.2. The summed E-state index contributed by atoms with van der Waals surface area (Å²) >= 11 is 5.88. The van der Waals surface area contributed by atoms with Gasteiger partial charge in [0.2, 0.25) is 11.8 Å². The lowest BCUT2D eigenvalue weighted by Gasteiger charge is -2.34. The minimum atomic E-state index is -0.700. The van der Waals surface area contributed by atoms with Gasteiger partial charge in [-0.3, -0.25) is 19.1 Å². The maximum atomic E-state index is 14.6. The van der Waals surface area contributed by atoms with Crippen LogP contribution in [0, 0.1) is 11.7 Å². The van der Waals surface area contributed by atoms with Crippen LogP contribution >= 0.6 is 11.6 Å². The number of carbonyl (C=O) groups excluding carboxylic acids is 3. The predicted molar refractivity (Wildman–Crippen MR) is 129 cm³/mol. The Morgan fingerprint density at radius 2 is 1.97 bits per heavy atom. The molecule has 0 unspecified atom stereocenters. The van der Waals surface area contributed by atoms with E-state index in [1.54, 1.807) is 29.2 Å². The second-order valence-electron chi connectivity index (χ2n) is 9.24. The molecular weight excluding hydrogens is 489 g/mol. The number of aliphatic hydroxyl groups excluding tert-OH is 1. The molecule has 2 aromatic carbocycles. The number of nitrogens with two attached hydrogens (primary N) is 1. The number of amides is 3. The van der Waals surface area contributed by atoms with Crippen molar-refractivity contribution in [3.05, 3.63) is 64.1 Å². The summed E-state index contributed by atoms with van der Waals surface area (Å²) in [5.41, 5.74) is 6.58. The molecule has 1 aliphatic heterocycles. The zero-order valence-electron chi connectivity index (χ0n) is 19.3. The molecule has 5 rings (SSSR count). The fourth-order valence-corrected chi connectivity index (χ4v) is 5.75. The van der Waals surface area contributed by atoms with Crippen LogP contribution in [0.4, 0.5) is 4.39 Å². The number of halogens is 2. The SMILES string of the molecule is NC(=O)c1nn(CC(=O)N2[C@@H]3CC[C@@H](C3)[C@H]2C(=O)NCc2c(CO)ccc(Cl)c2F)c2ccccc12. The molecule has 1 aliphatic carbocycles. The number of benzene rings is 2. The zero-order valence-corrected chi connectivity index (χ0v) is 20.0. The van der Waals surface area contributed by atoms with Crippen molar-refractivity contribution in [2.24, 2.45) is 11.7 Å². The van der Waals surface area contributed by atoms with Gasteiger partial charge in [-0.05, 0) is 42.9 Å². The number of piperidine rings is 1. The minimum absolute atomic E-state index is 0.00369. The minimum Gasteiger partial charge on any atom is -0.392 e. The van der Waals surface area contributed by atoms with Gasteiger partial charge in [-0.25, -0.2) is 4.39 Å². The molecule has 0 radical (unpaired) electrons. The molecule has 3 aromatic rings. The van der Waals surface area contributed by atoms with Crippen molar-refractivity contribution >= 4 is 40.2 Å². The summed E-state index contributed by atoms with van der Waals surface area (Å²) in [5.74, 6) is -2.07. The van der Waals surface area contributed by atoms with E-state index in [2.05, 4.69) is 10.4 Å². The third-order valence-electron chi connectivity index (χ3n) is 7.22. The summed E-state index contributed by atoms with van der Waals surface area (Å²) in [6, 6.07) is 9.09. The van der Waals surface area contributed by atoms with Gasteiger partial charge < -0.3 is 21.1 Å². The molecule has 36 heavy (non-hydrogen) atoms. The number of fused-ring (bicyclic) bond motifs is 3. The molecule has 1 saturated carbocycles. The molecule has 2 fully saturated rings. The molecule has 188 valence electrons. The monoisotopic (exact) mass is 513 g/mol. The highest BCUT2D eigenvalue weighted by molar-refractivity contribution is 6.30. The predicted octanol–water partition coefficient (Wildman–Crippen LogP) is 2.12. The van der Waals surface area contributed by atoms with Crippen LogP contribution in [0.3, 0.4) is 0 Å². The molecule has 0 spiro atoms. The maximum absolute atomic E-state index is 14.6. The number of hydrogen-bond donors (Lipinski definition) is 3. The van der Waals surface area contributed by atoms with Crippen LogP contribution in [0.15, 0.2) is 36.4 Å². The number of aliphatic hydroxyl groups is 1. The first-order valence-corrected chi connectivity index (χ1v) is 12.1. The lowest BCUT2D eigenvalue weighted by atomic mass is 9.97. The normalized spacial score (nSPS) is 20.8. The summed E-state index contributed by atoms with van der Waals surface area (Å²) < 4.78 is 16.0. The lowest BCUT2D eigenvalue weighted by molar-refractivity contribution is -0.143. The number of primary amides is 1. The molecular formula is C25H25ClFN5O4. The Balaban J connectivity index is 1.37. The van der Waals surface area contributed by atoms with Crippen molar-refractivity contribution in [3.63, 3.8) is 0 Å². The zero-order chi connectivity index (χ0) is 25.6. The van der Waals surface area contributed by atoms with Gasteiger partial charge in [0.1, 0.15) is 18.4 Å². The van der Waals surface area contributed by atoms with Gasteiger partial charge in [0.05, 0.1) is 17.1 Å². The molecule has 1 saturated heterocycles. The fraction of sp³-hybridized carbons (Fsp3) is 0.360. The van der Waals surface area contributed by atoms with Crippen LogP contribution in [-0.4, -0.2) is 49.6 Å². The van der Waals surface area contributed by atoms with Gasteiger partial charge >= 0.3 is 0 Å². The number of nitrogens with one attached hydrogen (secondary N) is 1. The summed E-state index contributed by atoms with van der Waals surface area (Å²) in [7, 11) is 0. The van der Waals surface area contributed by atoms with E-state index >= 15 is 0 Å². The molecule has 2 bridgehead atoms. The number of rotatable bonds is 7. The highest BCUT2D eigenvalue weighted by Crippen LogP contribution is 2.42. The maximum Gasteiger partial charge on any atom is 0.269 e. The second kappa shape index (κ2) is 9.51. The fourth-order valence-electron chi connectivity index (χ4n) is 5.58. The Kier molecular flexibility index (Phi) is 6.40. The number of nitrogens with zero attached hydrogens (tertiary/aromatic N) is 3.